The Bertz CT molecular complexity index is 1600. The van der Waals surface area contributed by atoms with E-state index in [4.69, 9.17) is 0 Å². The van der Waals surface area contributed by atoms with E-state index in [2.05, 4.69) is 102 Å². The summed E-state index contributed by atoms with van der Waals surface area (Å²) >= 11 is 0. The van der Waals surface area contributed by atoms with Crippen molar-refractivity contribution in [3.63, 3.8) is 0 Å². The zero-order valence-corrected chi connectivity index (χ0v) is 32.3. The van der Waals surface area contributed by atoms with E-state index in [9.17, 15) is 9.59 Å². The number of nitrogens with one attached hydrogen (secondary N) is 2. The van der Waals surface area contributed by atoms with Crippen LogP contribution in [-0.2, 0) is 9.59 Å². The van der Waals surface area contributed by atoms with Crippen LogP contribution in [0.4, 0.5) is 11.4 Å². The SMILES string of the molecule is CC1=C(/C=C/C(C)=C/C=C/C(C)=C/C(=O)Nc2ccccc2NC(=O)/C=C(C)/C=C/C=C(C)/C=C/C2=C(C)CCCC2(C)C)C(C)(C)CCC1. The van der Waals surface area contributed by atoms with Crippen LogP contribution in [0.15, 0.2) is 142 Å². The van der Waals surface area contributed by atoms with Gasteiger partial charge in [0, 0.05) is 12.2 Å². The van der Waals surface area contributed by atoms with Crippen LogP contribution in [0, 0.1) is 10.8 Å². The normalized spacial score (nSPS) is 19.4. The summed E-state index contributed by atoms with van der Waals surface area (Å²) in [5.41, 5.74) is 11.3. The first kappa shape index (κ1) is 40.0. The second-order valence-corrected chi connectivity index (χ2v) is 15.4. The zero-order valence-electron chi connectivity index (χ0n) is 32.3. The van der Waals surface area contributed by atoms with Crippen molar-refractivity contribution in [2.45, 2.75) is 108 Å². The molecule has 0 bridgehead atoms. The van der Waals surface area contributed by atoms with Gasteiger partial charge in [0.15, 0.2) is 0 Å². The molecule has 266 valence electrons. The van der Waals surface area contributed by atoms with Crippen LogP contribution in [0.1, 0.15) is 108 Å². The number of hydrogen-bond donors (Lipinski definition) is 2. The molecule has 4 nitrogen and oxygen atoms in total. The van der Waals surface area contributed by atoms with Gasteiger partial charge in [0.25, 0.3) is 0 Å². The molecule has 0 saturated heterocycles. The number of carbonyl (C=O) groups is 2. The minimum atomic E-state index is -0.263. The van der Waals surface area contributed by atoms with Crippen LogP contribution in [-0.4, -0.2) is 11.8 Å². The fraction of sp³-hybridized carbons (Fsp3) is 0.391. The van der Waals surface area contributed by atoms with Crippen molar-refractivity contribution in [1.82, 2.24) is 0 Å². The van der Waals surface area contributed by atoms with Crippen molar-refractivity contribution in [2.24, 2.45) is 10.8 Å². The van der Waals surface area contributed by atoms with Crippen molar-refractivity contribution < 1.29 is 9.59 Å². The smallest absolute Gasteiger partial charge is 0.248 e. The molecule has 2 N–H and O–H groups in total. The fourth-order valence-corrected chi connectivity index (χ4v) is 6.81. The van der Waals surface area contributed by atoms with Crippen molar-refractivity contribution in [1.29, 1.82) is 0 Å². The third-order valence-electron chi connectivity index (χ3n) is 9.71. The average Bonchev–Trinajstić information content (AvgIpc) is 3.00. The molecule has 0 aliphatic heterocycles. The molecule has 0 radical (unpaired) electrons. The quantitative estimate of drug-likeness (QED) is 0.171. The molecular formula is C46H60N2O2. The minimum absolute atomic E-state index is 0.217. The molecule has 0 atom stereocenters. The summed E-state index contributed by atoms with van der Waals surface area (Å²) in [4.78, 5) is 25.7. The van der Waals surface area contributed by atoms with Crippen LogP contribution >= 0.6 is 0 Å². The van der Waals surface area contributed by atoms with Gasteiger partial charge in [0.2, 0.25) is 11.8 Å². The number of benzene rings is 1. The van der Waals surface area contributed by atoms with Crippen molar-refractivity contribution in [2.75, 3.05) is 10.6 Å². The van der Waals surface area contributed by atoms with Gasteiger partial charge < -0.3 is 10.6 Å². The van der Waals surface area contributed by atoms with E-state index in [0.717, 1.165) is 22.3 Å². The van der Waals surface area contributed by atoms with Gasteiger partial charge in [-0.2, -0.15) is 0 Å². The van der Waals surface area contributed by atoms with Crippen LogP contribution < -0.4 is 10.6 Å². The monoisotopic (exact) mass is 672 g/mol. The van der Waals surface area contributed by atoms with E-state index in [-0.39, 0.29) is 22.6 Å². The fourth-order valence-electron chi connectivity index (χ4n) is 6.81. The highest BCUT2D eigenvalue weighted by Crippen LogP contribution is 2.41. The molecule has 0 fully saturated rings. The van der Waals surface area contributed by atoms with Crippen LogP contribution in [0.25, 0.3) is 0 Å². The highest BCUT2D eigenvalue weighted by molar-refractivity contribution is 6.06. The summed E-state index contributed by atoms with van der Waals surface area (Å²) in [6, 6.07) is 7.21. The Morgan fingerprint density at radius 2 is 0.980 bits per heavy atom. The Hall–Kier alpha value is -4.44. The molecule has 0 spiro atoms. The number of carbonyl (C=O) groups excluding carboxylic acids is 2. The first-order chi connectivity index (χ1) is 23.6. The Morgan fingerprint density at radius 1 is 0.600 bits per heavy atom. The van der Waals surface area contributed by atoms with E-state index in [1.807, 2.05) is 50.3 Å². The van der Waals surface area contributed by atoms with Crippen LogP contribution in [0.2, 0.25) is 0 Å². The van der Waals surface area contributed by atoms with Gasteiger partial charge in [-0.25, -0.2) is 0 Å². The molecule has 0 saturated carbocycles. The molecule has 2 aliphatic carbocycles. The van der Waals surface area contributed by atoms with Gasteiger partial charge in [0.1, 0.15) is 0 Å². The molecule has 1 aromatic rings. The summed E-state index contributed by atoms with van der Waals surface area (Å²) in [5.74, 6) is -0.526. The second-order valence-electron chi connectivity index (χ2n) is 15.4. The Labute approximate surface area is 303 Å². The highest BCUT2D eigenvalue weighted by atomic mass is 16.2. The second kappa shape index (κ2) is 18.5. The summed E-state index contributed by atoms with van der Waals surface area (Å²) < 4.78 is 0. The number of hydrogen-bond acceptors (Lipinski definition) is 2. The molecule has 0 unspecified atom stereocenters. The van der Waals surface area contributed by atoms with Crippen LogP contribution in [0.5, 0.6) is 0 Å². The van der Waals surface area contributed by atoms with Crippen molar-refractivity contribution in [3.8, 4) is 0 Å². The maximum Gasteiger partial charge on any atom is 0.248 e. The summed E-state index contributed by atoms with van der Waals surface area (Å²) in [5, 5.41) is 5.82. The minimum Gasteiger partial charge on any atom is -0.321 e. The highest BCUT2D eigenvalue weighted by Gasteiger charge is 2.27. The lowest BCUT2D eigenvalue weighted by molar-refractivity contribution is -0.112. The summed E-state index contributed by atoms with van der Waals surface area (Å²) in [6.07, 6.45) is 31.2. The Morgan fingerprint density at radius 3 is 1.34 bits per heavy atom. The van der Waals surface area contributed by atoms with E-state index in [0.29, 0.717) is 11.4 Å². The molecule has 0 heterocycles. The molecular weight excluding hydrogens is 613 g/mol. The van der Waals surface area contributed by atoms with Gasteiger partial charge in [-0.05, 0) is 125 Å². The topological polar surface area (TPSA) is 58.2 Å². The molecule has 3 rings (SSSR count). The molecule has 2 aliphatic rings. The maximum atomic E-state index is 12.9. The third kappa shape index (κ3) is 12.8. The van der Waals surface area contributed by atoms with Crippen molar-refractivity contribution >= 4 is 23.2 Å². The molecule has 4 heteroatoms. The van der Waals surface area contributed by atoms with E-state index in [1.54, 1.807) is 24.3 Å². The van der Waals surface area contributed by atoms with Gasteiger partial charge in [0.05, 0.1) is 11.4 Å². The Balaban J connectivity index is 1.57. The number of amides is 2. The van der Waals surface area contributed by atoms with Gasteiger partial charge in [-0.1, -0.05) is 123 Å². The van der Waals surface area contributed by atoms with Gasteiger partial charge >= 0.3 is 0 Å². The van der Waals surface area contributed by atoms with E-state index >= 15 is 0 Å². The van der Waals surface area contributed by atoms with Gasteiger partial charge in [-0.15, -0.1) is 0 Å². The molecule has 2 amide bonds. The standard InChI is InChI=1S/C46H60N2O2/c1-33(25-27-39-37(5)21-15-29-45(39,7)8)17-13-19-35(3)31-43(49)47-41-23-11-12-24-42(41)48-44(50)32-36(4)20-14-18-34(2)26-28-40-38(6)22-16-30-46(40,9)10/h11-14,17-20,23-28,31-32H,15-16,21-22,29-30H2,1-10H3,(H,47,49)(H,48,50)/b19-13+,20-14+,27-25+,28-26+,33-17+,34-18+,35-31+,36-32+. The first-order valence-electron chi connectivity index (χ1n) is 18.1. The third-order valence-corrected chi connectivity index (χ3v) is 9.71. The number of allylic oxidation sites excluding steroid dienone is 18. The van der Waals surface area contributed by atoms with E-state index in [1.165, 1.54) is 60.8 Å². The van der Waals surface area contributed by atoms with Gasteiger partial charge in [-0.3, -0.25) is 9.59 Å². The molecule has 50 heavy (non-hydrogen) atoms. The molecule has 0 aromatic heterocycles. The lowest BCUT2D eigenvalue weighted by Crippen LogP contribution is -2.19. The largest absolute Gasteiger partial charge is 0.321 e. The average molecular weight is 673 g/mol. The number of para-hydroxylation sites is 2. The zero-order chi connectivity index (χ0) is 36.9. The predicted molar refractivity (Wildman–Crippen MR) is 216 cm³/mol. The number of rotatable bonds is 12. The number of anilines is 2. The lowest BCUT2D eigenvalue weighted by Gasteiger charge is -2.33. The van der Waals surface area contributed by atoms with E-state index < -0.39 is 0 Å². The first-order valence-corrected chi connectivity index (χ1v) is 18.1. The summed E-state index contributed by atoms with van der Waals surface area (Å²) in [7, 11) is 0. The maximum absolute atomic E-state index is 12.9. The summed E-state index contributed by atoms with van der Waals surface area (Å²) in [6.45, 7) is 21.8. The predicted octanol–water partition coefficient (Wildman–Crippen LogP) is 12.6. The molecule has 1 aromatic carbocycles. The lowest BCUT2D eigenvalue weighted by atomic mass is 9.72. The van der Waals surface area contributed by atoms with Crippen molar-refractivity contribution in [3.05, 3.63) is 142 Å². The van der Waals surface area contributed by atoms with Crippen LogP contribution in [0.3, 0.4) is 0 Å². The Kier molecular flexibility index (Phi) is 14.8.